The Hall–Kier alpha value is -0.940. The Bertz CT molecular complexity index is 388. The van der Waals surface area contributed by atoms with Gasteiger partial charge in [0.25, 0.3) is 0 Å². The minimum Gasteiger partial charge on any atom is -0.390 e. The molecule has 0 radical (unpaired) electrons. The number of aliphatic hydroxyl groups is 1. The molecule has 1 aromatic rings. The summed E-state index contributed by atoms with van der Waals surface area (Å²) in [4.78, 5) is 4.54. The van der Waals surface area contributed by atoms with Crippen LogP contribution in [0.15, 0.2) is 30.3 Å². The Morgan fingerprint density at radius 1 is 1.24 bits per heavy atom. The van der Waals surface area contributed by atoms with Crippen LogP contribution in [0.1, 0.15) is 18.4 Å². The summed E-state index contributed by atoms with van der Waals surface area (Å²) < 4.78 is 0. The minimum atomic E-state index is -0.276. The van der Waals surface area contributed by atoms with E-state index in [1.54, 1.807) is 0 Å². The number of piperidine rings is 1. The molecule has 0 amide bonds. The molecule has 1 atom stereocenters. The maximum Gasteiger partial charge on any atom is 0.0791 e. The van der Waals surface area contributed by atoms with Crippen molar-refractivity contribution in [3.63, 3.8) is 0 Å². The van der Waals surface area contributed by atoms with Gasteiger partial charge >= 0.3 is 0 Å². The molecular formula is C17H29N3O. The van der Waals surface area contributed by atoms with Crippen molar-refractivity contribution in [2.45, 2.75) is 31.5 Å². The fourth-order valence-electron chi connectivity index (χ4n) is 2.93. The van der Waals surface area contributed by atoms with Crippen LogP contribution in [0.25, 0.3) is 0 Å². The molecule has 1 aliphatic heterocycles. The van der Waals surface area contributed by atoms with Crippen molar-refractivity contribution in [3.8, 4) is 0 Å². The van der Waals surface area contributed by atoms with Gasteiger partial charge < -0.3 is 15.3 Å². The van der Waals surface area contributed by atoms with E-state index in [0.717, 1.165) is 26.2 Å². The third-order valence-corrected chi connectivity index (χ3v) is 4.05. The Morgan fingerprint density at radius 3 is 2.52 bits per heavy atom. The third kappa shape index (κ3) is 6.14. The van der Waals surface area contributed by atoms with Gasteiger partial charge in [0.2, 0.25) is 0 Å². The predicted octanol–water partition coefficient (Wildman–Crippen LogP) is 1.16. The Kier molecular flexibility index (Phi) is 6.64. The number of hydrogen-bond donors (Lipinski definition) is 2. The zero-order chi connectivity index (χ0) is 15.1. The van der Waals surface area contributed by atoms with E-state index in [1.807, 2.05) is 19.0 Å². The van der Waals surface area contributed by atoms with Crippen molar-refractivity contribution < 1.29 is 5.11 Å². The summed E-state index contributed by atoms with van der Waals surface area (Å²) in [6, 6.07) is 11.2. The number of likely N-dealkylation sites (tertiary alicyclic amines) is 1. The maximum atomic E-state index is 9.88. The molecule has 1 aromatic carbocycles. The van der Waals surface area contributed by atoms with Gasteiger partial charge in [0.1, 0.15) is 0 Å². The first-order valence-electron chi connectivity index (χ1n) is 7.96. The molecule has 1 saturated heterocycles. The number of nitrogens with one attached hydrogen (secondary N) is 1. The Labute approximate surface area is 128 Å². The zero-order valence-corrected chi connectivity index (χ0v) is 13.3. The van der Waals surface area contributed by atoms with Gasteiger partial charge in [-0.15, -0.1) is 0 Å². The van der Waals surface area contributed by atoms with E-state index in [9.17, 15) is 5.11 Å². The van der Waals surface area contributed by atoms with E-state index in [0.29, 0.717) is 12.6 Å². The summed E-state index contributed by atoms with van der Waals surface area (Å²) in [6.45, 7) is 4.74. The smallest absolute Gasteiger partial charge is 0.0791 e. The standard InChI is InChI=1S/C17H29N3O/c1-19(2)14-17(21)12-18-16-8-10-20(11-9-16)13-15-6-4-3-5-7-15/h3-7,16-18,21H,8-14H2,1-2H3. The first-order valence-corrected chi connectivity index (χ1v) is 7.96. The lowest BCUT2D eigenvalue weighted by atomic mass is 10.0. The molecule has 4 heteroatoms. The van der Waals surface area contributed by atoms with Crippen molar-refractivity contribution in [3.05, 3.63) is 35.9 Å². The third-order valence-electron chi connectivity index (χ3n) is 4.05. The highest BCUT2D eigenvalue weighted by atomic mass is 16.3. The average Bonchev–Trinajstić information content (AvgIpc) is 2.47. The molecule has 1 unspecified atom stereocenters. The normalized spacial score (nSPS) is 19.0. The van der Waals surface area contributed by atoms with Crippen molar-refractivity contribution >= 4 is 0 Å². The summed E-state index contributed by atoms with van der Waals surface area (Å²) in [5.74, 6) is 0. The van der Waals surface area contributed by atoms with Crippen LogP contribution in [0.4, 0.5) is 0 Å². The van der Waals surface area contributed by atoms with E-state index < -0.39 is 0 Å². The molecule has 0 bridgehead atoms. The first-order chi connectivity index (χ1) is 10.1. The fourth-order valence-corrected chi connectivity index (χ4v) is 2.93. The van der Waals surface area contributed by atoms with E-state index in [-0.39, 0.29) is 6.10 Å². The molecule has 1 aliphatic rings. The van der Waals surface area contributed by atoms with Crippen LogP contribution in [0, 0.1) is 0 Å². The summed E-state index contributed by atoms with van der Waals surface area (Å²) in [5.41, 5.74) is 1.39. The second kappa shape index (κ2) is 8.49. The summed E-state index contributed by atoms with van der Waals surface area (Å²) in [7, 11) is 3.98. The molecule has 0 saturated carbocycles. The number of rotatable bonds is 7. The van der Waals surface area contributed by atoms with Crippen LogP contribution in [0.5, 0.6) is 0 Å². The second-order valence-corrected chi connectivity index (χ2v) is 6.36. The van der Waals surface area contributed by atoms with E-state index in [4.69, 9.17) is 0 Å². The highest BCUT2D eigenvalue weighted by molar-refractivity contribution is 5.14. The van der Waals surface area contributed by atoms with E-state index in [1.165, 1.54) is 18.4 Å². The van der Waals surface area contributed by atoms with Crippen LogP contribution in [0.2, 0.25) is 0 Å². The summed E-state index contributed by atoms with van der Waals surface area (Å²) >= 11 is 0. The highest BCUT2D eigenvalue weighted by Gasteiger charge is 2.19. The SMILES string of the molecule is CN(C)CC(O)CNC1CCN(Cc2ccccc2)CC1. The molecule has 4 nitrogen and oxygen atoms in total. The first kappa shape index (κ1) is 16.4. The molecule has 1 fully saturated rings. The lowest BCUT2D eigenvalue weighted by molar-refractivity contribution is 0.122. The van der Waals surface area contributed by atoms with E-state index >= 15 is 0 Å². The zero-order valence-electron chi connectivity index (χ0n) is 13.3. The highest BCUT2D eigenvalue weighted by Crippen LogP contribution is 2.13. The van der Waals surface area contributed by atoms with Crippen LogP contribution in [-0.4, -0.2) is 67.3 Å². The van der Waals surface area contributed by atoms with Gasteiger partial charge in [-0.25, -0.2) is 0 Å². The minimum absolute atomic E-state index is 0.276. The van der Waals surface area contributed by atoms with Crippen molar-refractivity contribution in [1.82, 2.24) is 15.1 Å². The van der Waals surface area contributed by atoms with Gasteiger partial charge in [0.15, 0.2) is 0 Å². The van der Waals surface area contributed by atoms with Gasteiger partial charge in [0, 0.05) is 25.7 Å². The van der Waals surface area contributed by atoms with Crippen molar-refractivity contribution in [2.75, 3.05) is 40.3 Å². The number of benzene rings is 1. The number of aliphatic hydroxyl groups excluding tert-OH is 1. The van der Waals surface area contributed by atoms with E-state index in [2.05, 4.69) is 40.5 Å². The fraction of sp³-hybridized carbons (Fsp3) is 0.647. The van der Waals surface area contributed by atoms with Gasteiger partial charge in [0.05, 0.1) is 6.10 Å². The molecule has 0 aliphatic carbocycles. The number of hydrogen-bond acceptors (Lipinski definition) is 4. The monoisotopic (exact) mass is 291 g/mol. The number of likely N-dealkylation sites (N-methyl/N-ethyl adjacent to an activating group) is 1. The Balaban J connectivity index is 1.64. The van der Waals surface area contributed by atoms with Crippen LogP contribution < -0.4 is 5.32 Å². The molecule has 118 valence electrons. The quantitative estimate of drug-likeness (QED) is 0.791. The van der Waals surface area contributed by atoms with Crippen LogP contribution in [0.3, 0.4) is 0 Å². The van der Waals surface area contributed by atoms with Gasteiger partial charge in [-0.1, -0.05) is 30.3 Å². The molecule has 21 heavy (non-hydrogen) atoms. The van der Waals surface area contributed by atoms with Gasteiger partial charge in [-0.2, -0.15) is 0 Å². The maximum absolute atomic E-state index is 9.88. The molecule has 2 N–H and O–H groups in total. The molecular weight excluding hydrogens is 262 g/mol. The Morgan fingerprint density at radius 2 is 1.90 bits per heavy atom. The molecule has 0 spiro atoms. The number of nitrogens with zero attached hydrogens (tertiary/aromatic N) is 2. The predicted molar refractivity (Wildman–Crippen MR) is 87.3 cm³/mol. The lowest BCUT2D eigenvalue weighted by Crippen LogP contribution is -2.45. The largest absolute Gasteiger partial charge is 0.390 e. The summed E-state index contributed by atoms with van der Waals surface area (Å²) in [6.07, 6.45) is 2.06. The van der Waals surface area contributed by atoms with Gasteiger partial charge in [-0.3, -0.25) is 4.90 Å². The topological polar surface area (TPSA) is 38.7 Å². The van der Waals surface area contributed by atoms with Crippen molar-refractivity contribution in [2.24, 2.45) is 0 Å². The second-order valence-electron chi connectivity index (χ2n) is 6.36. The van der Waals surface area contributed by atoms with Crippen LogP contribution in [-0.2, 0) is 6.54 Å². The van der Waals surface area contributed by atoms with Crippen molar-refractivity contribution in [1.29, 1.82) is 0 Å². The average molecular weight is 291 g/mol. The lowest BCUT2D eigenvalue weighted by Gasteiger charge is -2.33. The molecule has 1 heterocycles. The molecule has 2 rings (SSSR count). The molecule has 0 aromatic heterocycles. The summed E-state index contributed by atoms with van der Waals surface area (Å²) in [5, 5.41) is 13.4. The van der Waals surface area contributed by atoms with Gasteiger partial charge in [-0.05, 0) is 45.6 Å². The van der Waals surface area contributed by atoms with Crippen LogP contribution >= 0.6 is 0 Å².